The summed E-state index contributed by atoms with van der Waals surface area (Å²) in [5, 5.41) is 3.08. The van der Waals surface area contributed by atoms with Crippen LogP contribution >= 0.6 is 0 Å². The zero-order valence-electron chi connectivity index (χ0n) is 15.5. The lowest BCUT2D eigenvalue weighted by Crippen LogP contribution is -2.45. The number of amides is 1. The highest BCUT2D eigenvalue weighted by atomic mass is 16.5. The van der Waals surface area contributed by atoms with E-state index in [-0.39, 0.29) is 17.9 Å². The lowest BCUT2D eigenvalue weighted by Gasteiger charge is -2.33. The second-order valence-corrected chi connectivity index (χ2v) is 7.27. The summed E-state index contributed by atoms with van der Waals surface area (Å²) in [6.45, 7) is 3.06. The van der Waals surface area contributed by atoms with Crippen LogP contribution in [0.1, 0.15) is 25.7 Å². The van der Waals surface area contributed by atoms with Gasteiger partial charge in [-0.05, 0) is 31.7 Å². The lowest BCUT2D eigenvalue weighted by atomic mass is 9.97. The zero-order chi connectivity index (χ0) is 18.5. The maximum atomic E-state index is 12.6. The first-order valence-electron chi connectivity index (χ1n) is 9.82. The number of anilines is 1. The number of rotatable bonds is 5. The molecule has 2 aliphatic heterocycles. The fourth-order valence-electron chi connectivity index (χ4n) is 3.81. The van der Waals surface area contributed by atoms with E-state index >= 15 is 0 Å². The molecule has 0 unspecified atom stereocenters. The number of nitrogens with zero attached hydrogens (tertiary/aromatic N) is 3. The van der Waals surface area contributed by atoms with Gasteiger partial charge in [0.05, 0.1) is 12.0 Å². The van der Waals surface area contributed by atoms with E-state index in [2.05, 4.69) is 15.2 Å². The van der Waals surface area contributed by atoms with Crippen LogP contribution in [-0.2, 0) is 9.53 Å². The van der Waals surface area contributed by atoms with Crippen molar-refractivity contribution in [3.63, 3.8) is 0 Å². The van der Waals surface area contributed by atoms with Crippen LogP contribution in [0.25, 0.3) is 11.4 Å². The molecule has 2 aliphatic rings. The average Bonchev–Trinajstić information content (AvgIpc) is 3.26. The van der Waals surface area contributed by atoms with Gasteiger partial charge >= 0.3 is 0 Å². The maximum absolute atomic E-state index is 12.6. The van der Waals surface area contributed by atoms with Gasteiger partial charge in [0.15, 0.2) is 5.82 Å². The summed E-state index contributed by atoms with van der Waals surface area (Å²) in [5.74, 6) is 1.74. The van der Waals surface area contributed by atoms with Crippen LogP contribution in [0, 0.1) is 5.92 Å². The van der Waals surface area contributed by atoms with E-state index in [1.807, 2.05) is 36.4 Å². The SMILES string of the molecule is O=C(NC[C@@H]1CCCO1)[C@H]1CCCN(c2ccnc(-c3ccccc3)n2)C1. The summed E-state index contributed by atoms with van der Waals surface area (Å²) in [4.78, 5) is 23.9. The topological polar surface area (TPSA) is 67.3 Å². The Kier molecular flexibility index (Phi) is 5.63. The van der Waals surface area contributed by atoms with E-state index in [9.17, 15) is 4.79 Å². The normalized spacial score (nSPS) is 22.6. The molecule has 2 fully saturated rings. The molecular weight excluding hydrogens is 340 g/mol. The molecular formula is C21H26N4O2. The Morgan fingerprint density at radius 1 is 1.19 bits per heavy atom. The monoisotopic (exact) mass is 366 g/mol. The van der Waals surface area contributed by atoms with Crippen molar-refractivity contribution < 1.29 is 9.53 Å². The first kappa shape index (κ1) is 17.9. The highest BCUT2D eigenvalue weighted by molar-refractivity contribution is 5.79. The average molecular weight is 366 g/mol. The van der Waals surface area contributed by atoms with Gasteiger partial charge in [-0.25, -0.2) is 9.97 Å². The molecule has 2 atom stereocenters. The van der Waals surface area contributed by atoms with Crippen molar-refractivity contribution in [3.8, 4) is 11.4 Å². The molecule has 0 saturated carbocycles. The van der Waals surface area contributed by atoms with Gasteiger partial charge in [-0.3, -0.25) is 4.79 Å². The van der Waals surface area contributed by atoms with Gasteiger partial charge in [0.25, 0.3) is 0 Å². The number of aromatic nitrogens is 2. The molecule has 0 radical (unpaired) electrons. The smallest absolute Gasteiger partial charge is 0.224 e. The first-order chi connectivity index (χ1) is 13.3. The van der Waals surface area contributed by atoms with E-state index in [0.29, 0.717) is 13.1 Å². The van der Waals surface area contributed by atoms with Crippen molar-refractivity contribution in [3.05, 3.63) is 42.6 Å². The number of hydrogen-bond donors (Lipinski definition) is 1. The predicted molar refractivity (Wildman–Crippen MR) is 104 cm³/mol. The number of piperidine rings is 1. The van der Waals surface area contributed by atoms with E-state index in [1.54, 1.807) is 6.20 Å². The predicted octanol–water partition coefficient (Wildman–Crippen LogP) is 2.66. The molecule has 0 spiro atoms. The van der Waals surface area contributed by atoms with Crippen LogP contribution in [0.5, 0.6) is 0 Å². The molecule has 1 amide bonds. The van der Waals surface area contributed by atoms with Gasteiger partial charge < -0.3 is 15.0 Å². The molecule has 6 heteroatoms. The molecule has 1 aromatic heterocycles. The number of carbonyl (C=O) groups excluding carboxylic acids is 1. The van der Waals surface area contributed by atoms with Gasteiger partial charge in [0.1, 0.15) is 5.82 Å². The van der Waals surface area contributed by atoms with Crippen molar-refractivity contribution in [2.24, 2.45) is 5.92 Å². The van der Waals surface area contributed by atoms with Gasteiger partial charge in [0, 0.05) is 38.0 Å². The first-order valence-corrected chi connectivity index (χ1v) is 9.82. The molecule has 0 aliphatic carbocycles. The van der Waals surface area contributed by atoms with Gasteiger partial charge in [-0.1, -0.05) is 30.3 Å². The quantitative estimate of drug-likeness (QED) is 0.881. The Balaban J connectivity index is 1.40. The number of carbonyl (C=O) groups is 1. The Morgan fingerprint density at radius 3 is 2.89 bits per heavy atom. The summed E-state index contributed by atoms with van der Waals surface area (Å²) in [7, 11) is 0. The minimum Gasteiger partial charge on any atom is -0.376 e. The number of hydrogen-bond acceptors (Lipinski definition) is 5. The van der Waals surface area contributed by atoms with Crippen LogP contribution in [0.3, 0.4) is 0 Å². The second kappa shape index (κ2) is 8.48. The fourth-order valence-corrected chi connectivity index (χ4v) is 3.81. The molecule has 6 nitrogen and oxygen atoms in total. The molecule has 2 saturated heterocycles. The summed E-state index contributed by atoms with van der Waals surface area (Å²) >= 11 is 0. The lowest BCUT2D eigenvalue weighted by molar-refractivity contribution is -0.125. The molecule has 3 heterocycles. The number of ether oxygens (including phenoxy) is 1. The van der Waals surface area contributed by atoms with Crippen LogP contribution in [0.15, 0.2) is 42.6 Å². The van der Waals surface area contributed by atoms with Crippen molar-refractivity contribution in [2.45, 2.75) is 31.8 Å². The molecule has 142 valence electrons. The summed E-state index contributed by atoms with van der Waals surface area (Å²) in [5.41, 5.74) is 1.00. The van der Waals surface area contributed by atoms with Crippen LogP contribution in [0.4, 0.5) is 5.82 Å². The molecule has 0 bridgehead atoms. The Morgan fingerprint density at radius 2 is 2.07 bits per heavy atom. The minimum atomic E-state index is -0.00436. The summed E-state index contributed by atoms with van der Waals surface area (Å²) in [6, 6.07) is 11.9. The van der Waals surface area contributed by atoms with E-state index in [4.69, 9.17) is 9.72 Å². The Hall–Kier alpha value is -2.47. The van der Waals surface area contributed by atoms with E-state index < -0.39 is 0 Å². The largest absolute Gasteiger partial charge is 0.376 e. The van der Waals surface area contributed by atoms with Crippen molar-refractivity contribution in [2.75, 3.05) is 31.1 Å². The third kappa shape index (κ3) is 4.45. The highest BCUT2D eigenvalue weighted by Gasteiger charge is 2.27. The minimum absolute atomic E-state index is 0.00436. The fraction of sp³-hybridized carbons (Fsp3) is 0.476. The van der Waals surface area contributed by atoms with E-state index in [0.717, 1.165) is 56.0 Å². The van der Waals surface area contributed by atoms with Crippen molar-refractivity contribution >= 4 is 11.7 Å². The Bertz CT molecular complexity index is 762. The number of nitrogens with one attached hydrogen (secondary N) is 1. The Labute approximate surface area is 160 Å². The van der Waals surface area contributed by atoms with Gasteiger partial charge in [0.2, 0.25) is 5.91 Å². The maximum Gasteiger partial charge on any atom is 0.224 e. The second-order valence-electron chi connectivity index (χ2n) is 7.27. The van der Waals surface area contributed by atoms with Gasteiger partial charge in [-0.2, -0.15) is 0 Å². The van der Waals surface area contributed by atoms with Crippen LogP contribution < -0.4 is 10.2 Å². The third-order valence-electron chi connectivity index (χ3n) is 5.32. The van der Waals surface area contributed by atoms with Crippen molar-refractivity contribution in [1.29, 1.82) is 0 Å². The van der Waals surface area contributed by atoms with Gasteiger partial charge in [-0.15, -0.1) is 0 Å². The van der Waals surface area contributed by atoms with Crippen molar-refractivity contribution in [1.82, 2.24) is 15.3 Å². The standard InChI is InChI=1S/C21H26N4O2/c26-21(23-14-18-9-5-13-27-18)17-8-4-12-25(15-17)19-10-11-22-20(24-19)16-6-2-1-3-7-16/h1-3,6-7,10-11,17-18H,4-5,8-9,12-15H2,(H,23,26)/t17-,18-/m0/s1. The van der Waals surface area contributed by atoms with Crippen LogP contribution in [-0.4, -0.2) is 48.2 Å². The summed E-state index contributed by atoms with van der Waals surface area (Å²) < 4.78 is 5.59. The molecule has 27 heavy (non-hydrogen) atoms. The molecule has 4 rings (SSSR count). The third-order valence-corrected chi connectivity index (χ3v) is 5.32. The van der Waals surface area contributed by atoms with Crippen LogP contribution in [0.2, 0.25) is 0 Å². The highest BCUT2D eigenvalue weighted by Crippen LogP contribution is 2.24. The number of benzene rings is 1. The molecule has 1 N–H and O–H groups in total. The molecule has 2 aromatic rings. The van der Waals surface area contributed by atoms with E-state index in [1.165, 1.54) is 0 Å². The molecule has 1 aromatic carbocycles. The summed E-state index contributed by atoms with van der Waals surface area (Å²) in [6.07, 6.45) is 6.03. The zero-order valence-corrected chi connectivity index (χ0v) is 15.5.